The quantitative estimate of drug-likeness (QED) is 0.592. The molecule has 80 valence electrons. The van der Waals surface area contributed by atoms with Crippen LogP contribution >= 0.6 is 11.6 Å². The van der Waals surface area contributed by atoms with Crippen molar-refractivity contribution in [3.8, 4) is 11.1 Å². The molecular formula is C11H7ClN2O2. The monoisotopic (exact) mass is 234 g/mol. The lowest BCUT2D eigenvalue weighted by molar-refractivity contribution is -0.384. The van der Waals surface area contributed by atoms with Gasteiger partial charge in [-0.15, -0.1) is 0 Å². The van der Waals surface area contributed by atoms with Gasteiger partial charge in [-0.05, 0) is 12.1 Å². The Morgan fingerprint density at radius 3 is 2.69 bits per heavy atom. The average molecular weight is 235 g/mol. The van der Waals surface area contributed by atoms with E-state index in [1.807, 2.05) is 0 Å². The molecule has 16 heavy (non-hydrogen) atoms. The highest BCUT2D eigenvalue weighted by Crippen LogP contribution is 2.29. The van der Waals surface area contributed by atoms with Gasteiger partial charge in [0.05, 0.1) is 15.5 Å². The number of rotatable bonds is 2. The largest absolute Gasteiger partial charge is 0.277 e. The number of nitro groups is 1. The number of halogens is 1. The van der Waals surface area contributed by atoms with Crippen molar-refractivity contribution in [2.24, 2.45) is 0 Å². The highest BCUT2D eigenvalue weighted by atomic mass is 35.5. The number of hydrogen-bond donors (Lipinski definition) is 0. The minimum Gasteiger partial charge on any atom is -0.263 e. The first kappa shape index (κ1) is 10.6. The zero-order valence-electron chi connectivity index (χ0n) is 8.13. The van der Waals surface area contributed by atoms with E-state index in [0.717, 1.165) is 0 Å². The number of benzene rings is 1. The lowest BCUT2D eigenvalue weighted by Gasteiger charge is -2.02. The molecular weight excluding hydrogens is 228 g/mol. The first-order valence-corrected chi connectivity index (χ1v) is 4.90. The van der Waals surface area contributed by atoms with Crippen molar-refractivity contribution in [1.29, 1.82) is 0 Å². The van der Waals surface area contributed by atoms with Crippen molar-refractivity contribution >= 4 is 17.3 Å². The Hall–Kier alpha value is -1.94. The predicted molar refractivity (Wildman–Crippen MR) is 61.3 cm³/mol. The Labute approximate surface area is 96.7 Å². The molecule has 0 N–H and O–H groups in total. The van der Waals surface area contributed by atoms with Crippen LogP contribution in [0.4, 0.5) is 5.69 Å². The number of nitro benzene ring substituents is 1. The maximum atomic E-state index is 10.8. The van der Waals surface area contributed by atoms with Crippen LogP contribution in [0.15, 0.2) is 42.7 Å². The summed E-state index contributed by atoms with van der Waals surface area (Å²) in [6, 6.07) is 8.14. The molecule has 0 bridgehead atoms. The topological polar surface area (TPSA) is 56.0 Å². The molecule has 0 unspecified atom stereocenters. The van der Waals surface area contributed by atoms with Gasteiger partial charge >= 0.3 is 0 Å². The Kier molecular flexibility index (Phi) is 2.83. The molecule has 2 aromatic rings. The molecule has 0 saturated heterocycles. The summed E-state index contributed by atoms with van der Waals surface area (Å²) in [5.41, 5.74) is 1.20. The van der Waals surface area contributed by atoms with Crippen molar-refractivity contribution in [3.63, 3.8) is 0 Å². The third kappa shape index (κ3) is 2.01. The van der Waals surface area contributed by atoms with Gasteiger partial charge in [-0.25, -0.2) is 0 Å². The van der Waals surface area contributed by atoms with Gasteiger partial charge < -0.3 is 0 Å². The van der Waals surface area contributed by atoms with Crippen LogP contribution in [0.3, 0.4) is 0 Å². The summed E-state index contributed by atoms with van der Waals surface area (Å²) >= 11 is 5.79. The molecule has 1 aromatic carbocycles. The Bertz CT molecular complexity index is 543. The van der Waals surface area contributed by atoms with Gasteiger partial charge in [-0.1, -0.05) is 23.7 Å². The van der Waals surface area contributed by atoms with Crippen molar-refractivity contribution in [2.75, 3.05) is 0 Å². The summed E-state index contributed by atoms with van der Waals surface area (Å²) in [5, 5.41) is 11.3. The fraction of sp³-hybridized carbons (Fsp3) is 0. The lowest BCUT2D eigenvalue weighted by atomic mass is 10.1. The van der Waals surface area contributed by atoms with E-state index in [2.05, 4.69) is 4.98 Å². The number of para-hydroxylation sites is 1. The van der Waals surface area contributed by atoms with E-state index in [1.165, 1.54) is 12.3 Å². The molecule has 4 nitrogen and oxygen atoms in total. The van der Waals surface area contributed by atoms with Gasteiger partial charge in [-0.2, -0.15) is 0 Å². The molecule has 0 atom stereocenters. The predicted octanol–water partition coefficient (Wildman–Crippen LogP) is 3.31. The molecule has 1 heterocycles. The van der Waals surface area contributed by atoms with E-state index in [4.69, 9.17) is 11.6 Å². The van der Waals surface area contributed by atoms with Crippen LogP contribution < -0.4 is 0 Å². The van der Waals surface area contributed by atoms with Crippen molar-refractivity contribution in [1.82, 2.24) is 4.98 Å². The first-order valence-electron chi connectivity index (χ1n) is 4.53. The molecule has 0 aliphatic heterocycles. The van der Waals surface area contributed by atoms with E-state index in [0.29, 0.717) is 16.1 Å². The van der Waals surface area contributed by atoms with E-state index < -0.39 is 4.92 Å². The smallest absolute Gasteiger partial charge is 0.263 e. The lowest BCUT2D eigenvalue weighted by Crippen LogP contribution is -1.91. The van der Waals surface area contributed by atoms with E-state index in [1.54, 1.807) is 30.5 Å². The third-order valence-corrected chi connectivity index (χ3v) is 2.32. The summed E-state index contributed by atoms with van der Waals surface area (Å²) in [4.78, 5) is 14.3. The van der Waals surface area contributed by atoms with Gasteiger partial charge in [-0.3, -0.25) is 15.1 Å². The molecule has 0 aliphatic rings. The molecule has 0 aliphatic carbocycles. The van der Waals surface area contributed by atoms with Crippen LogP contribution in [-0.2, 0) is 0 Å². The summed E-state index contributed by atoms with van der Waals surface area (Å²) in [7, 11) is 0. The summed E-state index contributed by atoms with van der Waals surface area (Å²) < 4.78 is 0. The summed E-state index contributed by atoms with van der Waals surface area (Å²) in [6.07, 6.45) is 3.04. The number of aromatic nitrogens is 1. The highest BCUT2D eigenvalue weighted by molar-refractivity contribution is 6.30. The number of pyridine rings is 1. The highest BCUT2D eigenvalue weighted by Gasteiger charge is 2.14. The summed E-state index contributed by atoms with van der Waals surface area (Å²) in [6.45, 7) is 0. The molecule has 0 saturated carbocycles. The molecule has 0 fully saturated rings. The van der Waals surface area contributed by atoms with Crippen molar-refractivity contribution < 1.29 is 4.92 Å². The molecule has 0 radical (unpaired) electrons. The standard InChI is InChI=1S/C11H7ClN2O2/c12-9-5-8(6-13-7-9)10-3-1-2-4-11(10)14(15)16/h1-7H. The zero-order valence-corrected chi connectivity index (χ0v) is 8.89. The molecule has 5 heteroatoms. The van der Waals surface area contributed by atoms with Crippen LogP contribution in [-0.4, -0.2) is 9.91 Å². The van der Waals surface area contributed by atoms with Crippen LogP contribution in [0.2, 0.25) is 5.02 Å². The van der Waals surface area contributed by atoms with E-state index in [9.17, 15) is 10.1 Å². The van der Waals surface area contributed by atoms with E-state index >= 15 is 0 Å². The first-order chi connectivity index (χ1) is 7.68. The summed E-state index contributed by atoms with van der Waals surface area (Å²) in [5.74, 6) is 0. The van der Waals surface area contributed by atoms with E-state index in [-0.39, 0.29) is 5.69 Å². The van der Waals surface area contributed by atoms with Gasteiger partial charge in [0, 0.05) is 24.0 Å². The zero-order chi connectivity index (χ0) is 11.5. The van der Waals surface area contributed by atoms with Crippen LogP contribution in [0, 0.1) is 10.1 Å². The van der Waals surface area contributed by atoms with Gasteiger partial charge in [0.25, 0.3) is 5.69 Å². The second kappa shape index (κ2) is 4.28. The molecule has 1 aromatic heterocycles. The van der Waals surface area contributed by atoms with Crippen molar-refractivity contribution in [3.05, 3.63) is 57.9 Å². The maximum Gasteiger partial charge on any atom is 0.277 e. The van der Waals surface area contributed by atoms with Gasteiger partial charge in [0.1, 0.15) is 0 Å². The second-order valence-corrected chi connectivity index (χ2v) is 3.60. The van der Waals surface area contributed by atoms with Gasteiger partial charge in [0.15, 0.2) is 0 Å². The normalized spacial score (nSPS) is 10.1. The molecule has 0 amide bonds. The Balaban J connectivity index is 2.60. The Morgan fingerprint density at radius 1 is 1.25 bits per heavy atom. The van der Waals surface area contributed by atoms with Gasteiger partial charge in [0.2, 0.25) is 0 Å². The molecule has 0 spiro atoms. The van der Waals surface area contributed by atoms with Crippen molar-refractivity contribution in [2.45, 2.75) is 0 Å². The number of hydrogen-bond acceptors (Lipinski definition) is 3. The molecule has 2 rings (SSSR count). The maximum absolute atomic E-state index is 10.8. The fourth-order valence-electron chi connectivity index (χ4n) is 1.44. The van der Waals surface area contributed by atoms with Crippen LogP contribution in [0.25, 0.3) is 11.1 Å². The van der Waals surface area contributed by atoms with Crippen LogP contribution in [0.1, 0.15) is 0 Å². The minimum absolute atomic E-state index is 0.0477. The average Bonchev–Trinajstić information content (AvgIpc) is 2.29. The SMILES string of the molecule is O=[N+]([O-])c1ccccc1-c1cncc(Cl)c1. The minimum atomic E-state index is -0.420. The number of nitrogens with zero attached hydrogens (tertiary/aromatic N) is 2. The third-order valence-electron chi connectivity index (χ3n) is 2.12. The fourth-order valence-corrected chi connectivity index (χ4v) is 1.61. The Morgan fingerprint density at radius 2 is 2.00 bits per heavy atom. The second-order valence-electron chi connectivity index (χ2n) is 3.17. The van der Waals surface area contributed by atoms with Crippen LogP contribution in [0.5, 0.6) is 0 Å².